The average Bonchev–Trinajstić information content (AvgIpc) is 2.01. The van der Waals surface area contributed by atoms with Gasteiger partial charge in [-0.2, -0.15) is 0 Å². The zero-order chi connectivity index (χ0) is 8.43. The number of benzene rings is 1. The molecule has 0 radical (unpaired) electrons. The van der Waals surface area contributed by atoms with Crippen molar-refractivity contribution in [1.82, 2.24) is 0 Å². The van der Waals surface area contributed by atoms with Gasteiger partial charge in [0.1, 0.15) is 0 Å². The number of aldehydes is 1. The van der Waals surface area contributed by atoms with Crippen LogP contribution in [0.15, 0.2) is 12.1 Å². The summed E-state index contributed by atoms with van der Waals surface area (Å²) in [6.07, 6.45) is 0.421. The molecule has 11 heavy (non-hydrogen) atoms. The van der Waals surface area contributed by atoms with E-state index in [1.807, 2.05) is 0 Å². The van der Waals surface area contributed by atoms with E-state index in [0.29, 0.717) is 6.29 Å². The molecule has 0 aliphatic rings. The lowest BCUT2D eigenvalue weighted by Crippen LogP contribution is -1.86. The summed E-state index contributed by atoms with van der Waals surface area (Å²) >= 11 is 5.33. The summed E-state index contributed by atoms with van der Waals surface area (Å²) < 4.78 is 12.6. The minimum atomic E-state index is -0.962. The van der Waals surface area contributed by atoms with Crippen LogP contribution in [0.5, 0.6) is 5.75 Å². The number of carbonyl (C=O) groups excluding carboxylic acids is 1. The minimum absolute atomic E-state index is 0.0296. The summed E-state index contributed by atoms with van der Waals surface area (Å²) in [7, 11) is 0. The topological polar surface area (TPSA) is 37.3 Å². The van der Waals surface area contributed by atoms with Crippen LogP contribution < -0.4 is 0 Å². The Kier molecular flexibility index (Phi) is 2.10. The lowest BCUT2D eigenvalue weighted by Gasteiger charge is -1.98. The normalized spacial score (nSPS) is 9.64. The molecule has 1 rings (SSSR count). The molecule has 1 aromatic rings. The minimum Gasteiger partial charge on any atom is -0.505 e. The third-order valence-electron chi connectivity index (χ3n) is 1.22. The SMILES string of the molecule is O=Cc1ccc(O)c(F)c1Cl. The molecule has 1 N–H and O–H groups in total. The molecule has 0 saturated heterocycles. The number of halogens is 2. The fraction of sp³-hybridized carbons (Fsp3) is 0. The fourth-order valence-electron chi connectivity index (χ4n) is 0.645. The number of phenolic OH excluding ortho intramolecular Hbond substituents is 1. The molecule has 0 fully saturated rings. The Hall–Kier alpha value is -1.09. The average molecular weight is 175 g/mol. The van der Waals surface area contributed by atoms with E-state index >= 15 is 0 Å². The first kappa shape index (κ1) is 8.01. The van der Waals surface area contributed by atoms with Crippen LogP contribution in [0.2, 0.25) is 5.02 Å². The Labute approximate surface area is 67.2 Å². The van der Waals surface area contributed by atoms with E-state index in [9.17, 15) is 9.18 Å². The number of carbonyl (C=O) groups is 1. The molecule has 4 heteroatoms. The van der Waals surface area contributed by atoms with Crippen LogP contribution in [0.3, 0.4) is 0 Å². The van der Waals surface area contributed by atoms with Crippen LogP contribution in [0.1, 0.15) is 10.4 Å². The monoisotopic (exact) mass is 174 g/mol. The Morgan fingerprint density at radius 2 is 2.18 bits per heavy atom. The van der Waals surface area contributed by atoms with Gasteiger partial charge < -0.3 is 5.11 Å². The predicted molar refractivity (Wildman–Crippen MR) is 38.5 cm³/mol. The molecular formula is C7H4ClFO2. The first-order valence-electron chi connectivity index (χ1n) is 2.79. The van der Waals surface area contributed by atoms with E-state index in [4.69, 9.17) is 16.7 Å². The Bertz CT molecular complexity index is 299. The summed E-state index contributed by atoms with van der Waals surface area (Å²) in [5.41, 5.74) is 0.0296. The molecule has 0 atom stereocenters. The van der Waals surface area contributed by atoms with Gasteiger partial charge in [-0.1, -0.05) is 11.6 Å². The first-order valence-corrected chi connectivity index (χ1v) is 3.16. The lowest BCUT2D eigenvalue weighted by molar-refractivity contribution is 0.112. The van der Waals surface area contributed by atoms with Crippen molar-refractivity contribution < 1.29 is 14.3 Å². The molecule has 0 spiro atoms. The Morgan fingerprint density at radius 1 is 1.55 bits per heavy atom. The molecule has 0 saturated carbocycles. The van der Waals surface area contributed by atoms with Gasteiger partial charge in [-0.3, -0.25) is 4.79 Å². The van der Waals surface area contributed by atoms with Crippen LogP contribution in [0.25, 0.3) is 0 Å². The molecule has 0 aliphatic carbocycles. The highest BCUT2D eigenvalue weighted by molar-refractivity contribution is 6.33. The molecule has 0 aromatic heterocycles. The van der Waals surface area contributed by atoms with E-state index < -0.39 is 11.6 Å². The van der Waals surface area contributed by atoms with Crippen molar-refractivity contribution in [3.8, 4) is 5.75 Å². The van der Waals surface area contributed by atoms with Gasteiger partial charge in [-0.25, -0.2) is 4.39 Å². The van der Waals surface area contributed by atoms with Gasteiger partial charge in [-0.15, -0.1) is 0 Å². The second-order valence-electron chi connectivity index (χ2n) is 1.92. The number of hydrogen-bond donors (Lipinski definition) is 1. The van der Waals surface area contributed by atoms with E-state index in [1.54, 1.807) is 0 Å². The van der Waals surface area contributed by atoms with E-state index in [2.05, 4.69) is 0 Å². The van der Waals surface area contributed by atoms with E-state index in [1.165, 1.54) is 6.07 Å². The van der Waals surface area contributed by atoms with Gasteiger partial charge in [0.2, 0.25) is 0 Å². The largest absolute Gasteiger partial charge is 0.505 e. The molecule has 1 aromatic carbocycles. The van der Waals surface area contributed by atoms with Crippen molar-refractivity contribution in [1.29, 1.82) is 0 Å². The van der Waals surface area contributed by atoms with Crippen molar-refractivity contribution in [2.24, 2.45) is 0 Å². The first-order chi connectivity index (χ1) is 5.16. The van der Waals surface area contributed by atoms with Crippen LogP contribution in [-0.4, -0.2) is 11.4 Å². The third-order valence-corrected chi connectivity index (χ3v) is 1.60. The zero-order valence-corrected chi connectivity index (χ0v) is 6.10. The molecule has 0 amide bonds. The molecular weight excluding hydrogens is 171 g/mol. The van der Waals surface area contributed by atoms with Gasteiger partial charge in [-0.05, 0) is 12.1 Å². The van der Waals surface area contributed by atoms with E-state index in [-0.39, 0.29) is 10.6 Å². The zero-order valence-electron chi connectivity index (χ0n) is 5.34. The quantitative estimate of drug-likeness (QED) is 0.662. The van der Waals surface area contributed by atoms with E-state index in [0.717, 1.165) is 6.07 Å². The molecule has 0 aliphatic heterocycles. The van der Waals surface area contributed by atoms with Crippen molar-refractivity contribution >= 4 is 17.9 Å². The third kappa shape index (κ3) is 1.33. The van der Waals surface area contributed by atoms with Gasteiger partial charge in [0.05, 0.1) is 5.02 Å². The molecule has 0 unspecified atom stereocenters. The number of phenols is 1. The maximum Gasteiger partial charge on any atom is 0.184 e. The van der Waals surface area contributed by atoms with Crippen molar-refractivity contribution in [2.45, 2.75) is 0 Å². The van der Waals surface area contributed by atoms with Crippen LogP contribution in [0.4, 0.5) is 4.39 Å². The summed E-state index contributed by atoms with van der Waals surface area (Å²) in [5, 5.41) is 8.40. The number of rotatable bonds is 1. The van der Waals surface area contributed by atoms with Crippen LogP contribution in [0, 0.1) is 5.82 Å². The van der Waals surface area contributed by atoms with Crippen LogP contribution in [-0.2, 0) is 0 Å². The number of aromatic hydroxyl groups is 1. The predicted octanol–water partition coefficient (Wildman–Crippen LogP) is 2.00. The standard InChI is InChI=1S/C7H4ClFO2/c8-6-4(3-10)1-2-5(11)7(6)9/h1-3,11H. The highest BCUT2D eigenvalue weighted by Gasteiger charge is 2.09. The molecule has 0 bridgehead atoms. The highest BCUT2D eigenvalue weighted by atomic mass is 35.5. The van der Waals surface area contributed by atoms with Gasteiger partial charge >= 0.3 is 0 Å². The van der Waals surface area contributed by atoms with Crippen molar-refractivity contribution in [3.05, 3.63) is 28.5 Å². The second kappa shape index (κ2) is 2.88. The highest BCUT2D eigenvalue weighted by Crippen LogP contribution is 2.25. The maximum atomic E-state index is 12.6. The van der Waals surface area contributed by atoms with Gasteiger partial charge in [0.25, 0.3) is 0 Å². The summed E-state index contributed by atoms with van der Waals surface area (Å²) in [6.45, 7) is 0. The van der Waals surface area contributed by atoms with Crippen molar-refractivity contribution in [3.63, 3.8) is 0 Å². The van der Waals surface area contributed by atoms with Crippen molar-refractivity contribution in [2.75, 3.05) is 0 Å². The smallest absolute Gasteiger partial charge is 0.184 e. The Morgan fingerprint density at radius 3 is 2.73 bits per heavy atom. The summed E-state index contributed by atoms with van der Waals surface area (Å²) in [4.78, 5) is 10.2. The molecule has 58 valence electrons. The van der Waals surface area contributed by atoms with Gasteiger partial charge in [0, 0.05) is 5.56 Å². The second-order valence-corrected chi connectivity index (χ2v) is 2.30. The molecule has 2 nitrogen and oxygen atoms in total. The van der Waals surface area contributed by atoms with Crippen LogP contribution >= 0.6 is 11.6 Å². The molecule has 0 heterocycles. The fourth-order valence-corrected chi connectivity index (χ4v) is 0.850. The maximum absolute atomic E-state index is 12.6. The summed E-state index contributed by atoms with van der Waals surface area (Å²) in [6, 6.07) is 2.32. The lowest BCUT2D eigenvalue weighted by atomic mass is 10.2. The number of hydrogen-bond acceptors (Lipinski definition) is 2. The van der Waals surface area contributed by atoms with Gasteiger partial charge in [0.15, 0.2) is 17.9 Å². The summed E-state index contributed by atoms with van der Waals surface area (Å²) in [5.74, 6) is -1.52. The Balaban J connectivity index is 3.36.